The van der Waals surface area contributed by atoms with Crippen molar-refractivity contribution in [2.24, 2.45) is 4.99 Å². The van der Waals surface area contributed by atoms with E-state index in [1.54, 1.807) is 24.3 Å². The second-order valence-corrected chi connectivity index (χ2v) is 6.40. The van der Waals surface area contributed by atoms with Crippen LogP contribution in [0.2, 0.25) is 5.02 Å². The molecule has 0 saturated carbocycles. The fourth-order valence-electron chi connectivity index (χ4n) is 2.42. The van der Waals surface area contributed by atoms with Crippen molar-refractivity contribution in [3.05, 3.63) is 74.4 Å². The van der Waals surface area contributed by atoms with Gasteiger partial charge in [0.1, 0.15) is 5.75 Å². The van der Waals surface area contributed by atoms with Crippen LogP contribution >= 0.6 is 11.6 Å². The lowest BCUT2D eigenvalue weighted by Gasteiger charge is -2.09. The van der Waals surface area contributed by atoms with Crippen molar-refractivity contribution in [3.63, 3.8) is 0 Å². The van der Waals surface area contributed by atoms with E-state index >= 15 is 0 Å². The number of carbonyl (C=O) groups is 1. The summed E-state index contributed by atoms with van der Waals surface area (Å²) in [5, 5.41) is 11.1. The minimum Gasteiger partial charge on any atom is -0.491 e. The molecule has 0 atom stereocenters. The third-order valence-electron chi connectivity index (χ3n) is 3.54. The maximum Gasteiger partial charge on any atom is 0.363 e. The summed E-state index contributed by atoms with van der Waals surface area (Å²) in [5.74, 6) is -0.0751. The van der Waals surface area contributed by atoms with Gasteiger partial charge in [-0.15, -0.1) is 0 Å². The predicted octanol–water partition coefficient (Wildman–Crippen LogP) is 4.38. The van der Waals surface area contributed by atoms with Gasteiger partial charge in [0.05, 0.1) is 21.6 Å². The molecule has 0 aromatic heterocycles. The molecule has 8 heteroatoms. The lowest BCUT2D eigenvalue weighted by Crippen LogP contribution is -2.06. The lowest BCUT2D eigenvalue weighted by molar-refractivity contribution is -0.384. The van der Waals surface area contributed by atoms with Gasteiger partial charge in [0.15, 0.2) is 5.70 Å². The van der Waals surface area contributed by atoms with Gasteiger partial charge in [-0.25, -0.2) is 9.79 Å². The van der Waals surface area contributed by atoms with Gasteiger partial charge in [-0.05, 0) is 43.7 Å². The standard InChI is InChI=1S/C19H15ClN2O5/c1-11(2)26-14-5-3-4-12(8-14)9-17-19(23)27-18(21-17)15-10-13(22(24)25)6-7-16(15)20/h3-11H,1-2H3/b17-9-. The number of esters is 1. The van der Waals surface area contributed by atoms with Gasteiger partial charge in [0, 0.05) is 12.1 Å². The van der Waals surface area contributed by atoms with Gasteiger partial charge in [0.25, 0.3) is 5.69 Å². The summed E-state index contributed by atoms with van der Waals surface area (Å²) in [6, 6.07) is 11.0. The zero-order valence-corrected chi connectivity index (χ0v) is 15.3. The van der Waals surface area contributed by atoms with Crippen molar-refractivity contribution in [2.45, 2.75) is 20.0 Å². The number of rotatable bonds is 5. The Labute approximate surface area is 160 Å². The number of nitro groups is 1. The molecule has 7 nitrogen and oxygen atoms in total. The molecule has 0 radical (unpaired) electrons. The number of halogens is 1. The maximum absolute atomic E-state index is 12.1. The van der Waals surface area contributed by atoms with E-state index in [9.17, 15) is 14.9 Å². The van der Waals surface area contributed by atoms with Crippen molar-refractivity contribution < 1.29 is 19.2 Å². The number of nitro benzene ring substituents is 1. The van der Waals surface area contributed by atoms with Crippen molar-refractivity contribution in [1.82, 2.24) is 0 Å². The zero-order valence-electron chi connectivity index (χ0n) is 14.5. The van der Waals surface area contributed by atoms with E-state index < -0.39 is 10.9 Å². The Morgan fingerprint density at radius 3 is 2.74 bits per heavy atom. The predicted molar refractivity (Wildman–Crippen MR) is 101 cm³/mol. The van der Waals surface area contributed by atoms with Crippen molar-refractivity contribution in [1.29, 1.82) is 0 Å². The van der Waals surface area contributed by atoms with Gasteiger partial charge in [0.2, 0.25) is 5.90 Å². The molecular weight excluding hydrogens is 372 g/mol. The summed E-state index contributed by atoms with van der Waals surface area (Å²) in [6.07, 6.45) is 1.57. The summed E-state index contributed by atoms with van der Waals surface area (Å²) in [5.41, 5.74) is 0.771. The molecule has 3 rings (SSSR count). The SMILES string of the molecule is CC(C)Oc1cccc(/C=C2\N=C(c3cc([N+](=O)[O-])ccc3Cl)OC2=O)c1. The minimum atomic E-state index is -0.664. The molecule has 0 aliphatic carbocycles. The number of hydrogen-bond acceptors (Lipinski definition) is 6. The van der Waals surface area contributed by atoms with Crippen LogP contribution in [0.25, 0.3) is 6.08 Å². The van der Waals surface area contributed by atoms with Crippen LogP contribution in [0.4, 0.5) is 5.69 Å². The Kier molecular flexibility index (Phi) is 5.23. The van der Waals surface area contributed by atoms with E-state index in [2.05, 4.69) is 4.99 Å². The lowest BCUT2D eigenvalue weighted by atomic mass is 10.2. The number of benzene rings is 2. The first-order chi connectivity index (χ1) is 12.8. The van der Waals surface area contributed by atoms with Crippen molar-refractivity contribution >= 4 is 35.2 Å². The molecule has 1 aliphatic heterocycles. The molecule has 0 N–H and O–H groups in total. The monoisotopic (exact) mass is 386 g/mol. The molecule has 0 spiro atoms. The summed E-state index contributed by atoms with van der Waals surface area (Å²) >= 11 is 6.08. The summed E-state index contributed by atoms with van der Waals surface area (Å²) in [4.78, 5) is 26.7. The van der Waals surface area contributed by atoms with Gasteiger partial charge in [-0.3, -0.25) is 10.1 Å². The van der Waals surface area contributed by atoms with Crippen LogP contribution in [0.3, 0.4) is 0 Å². The number of aliphatic imine (C=N–C) groups is 1. The fraction of sp³-hybridized carbons (Fsp3) is 0.158. The average molecular weight is 387 g/mol. The zero-order chi connectivity index (χ0) is 19.6. The van der Waals surface area contributed by atoms with Crippen LogP contribution in [-0.4, -0.2) is 22.9 Å². The van der Waals surface area contributed by atoms with Gasteiger partial charge < -0.3 is 9.47 Å². The van der Waals surface area contributed by atoms with Crippen LogP contribution in [-0.2, 0) is 9.53 Å². The second kappa shape index (κ2) is 7.59. The van der Waals surface area contributed by atoms with E-state index in [-0.39, 0.29) is 34.0 Å². The third-order valence-corrected chi connectivity index (χ3v) is 3.87. The Morgan fingerprint density at radius 1 is 1.26 bits per heavy atom. The molecule has 1 aliphatic rings. The molecule has 138 valence electrons. The molecule has 27 heavy (non-hydrogen) atoms. The summed E-state index contributed by atoms with van der Waals surface area (Å²) in [7, 11) is 0. The average Bonchev–Trinajstić information content (AvgIpc) is 2.95. The van der Waals surface area contributed by atoms with E-state index in [0.29, 0.717) is 11.3 Å². The first-order valence-corrected chi connectivity index (χ1v) is 8.45. The molecule has 0 fully saturated rings. The molecule has 0 bridgehead atoms. The van der Waals surface area contributed by atoms with Gasteiger partial charge in [-0.1, -0.05) is 23.7 Å². The topological polar surface area (TPSA) is 91.0 Å². The summed E-state index contributed by atoms with van der Waals surface area (Å²) < 4.78 is 10.8. The number of cyclic esters (lactones) is 1. The molecule has 1 heterocycles. The smallest absolute Gasteiger partial charge is 0.363 e. The molecule has 0 amide bonds. The molecule has 2 aromatic carbocycles. The van der Waals surface area contributed by atoms with Crippen molar-refractivity contribution in [3.8, 4) is 5.75 Å². The van der Waals surface area contributed by atoms with Gasteiger partial charge in [-0.2, -0.15) is 0 Å². The van der Waals surface area contributed by atoms with Crippen molar-refractivity contribution in [2.75, 3.05) is 0 Å². The largest absolute Gasteiger partial charge is 0.491 e. The third kappa shape index (κ3) is 4.32. The van der Waals surface area contributed by atoms with E-state index in [4.69, 9.17) is 21.1 Å². The minimum absolute atomic E-state index is 0.0185. The number of hydrogen-bond donors (Lipinski definition) is 0. The van der Waals surface area contributed by atoms with Crippen LogP contribution in [0.5, 0.6) is 5.75 Å². The second-order valence-electron chi connectivity index (χ2n) is 6.00. The Hall–Kier alpha value is -3.19. The first-order valence-electron chi connectivity index (χ1n) is 8.07. The molecule has 0 saturated heterocycles. The normalized spacial score (nSPS) is 15.0. The molecule has 0 unspecified atom stereocenters. The fourth-order valence-corrected chi connectivity index (χ4v) is 2.62. The van der Waals surface area contributed by atoms with E-state index in [1.807, 2.05) is 19.9 Å². The maximum atomic E-state index is 12.1. The Morgan fingerprint density at radius 2 is 2.04 bits per heavy atom. The number of non-ortho nitro benzene ring substituents is 1. The highest BCUT2D eigenvalue weighted by atomic mass is 35.5. The molecular formula is C19H15ClN2O5. The Bertz CT molecular complexity index is 982. The van der Waals surface area contributed by atoms with Gasteiger partial charge >= 0.3 is 5.97 Å². The molecule has 2 aromatic rings. The quantitative estimate of drug-likeness (QED) is 0.329. The summed E-state index contributed by atoms with van der Waals surface area (Å²) in [6.45, 7) is 3.83. The number of nitrogens with zero attached hydrogens (tertiary/aromatic N) is 2. The van der Waals surface area contributed by atoms with E-state index in [1.165, 1.54) is 18.2 Å². The highest BCUT2D eigenvalue weighted by Crippen LogP contribution is 2.27. The van der Waals surface area contributed by atoms with Crippen LogP contribution in [0, 0.1) is 10.1 Å². The number of carbonyl (C=O) groups excluding carboxylic acids is 1. The van der Waals surface area contributed by atoms with Crippen LogP contribution in [0.1, 0.15) is 25.0 Å². The first kappa shape index (κ1) is 18.6. The van der Waals surface area contributed by atoms with Crippen LogP contribution in [0.15, 0.2) is 53.2 Å². The number of ether oxygens (including phenoxy) is 2. The van der Waals surface area contributed by atoms with Crippen LogP contribution < -0.4 is 4.74 Å². The Balaban J connectivity index is 1.94. The highest BCUT2D eigenvalue weighted by molar-refractivity contribution is 6.34. The van der Waals surface area contributed by atoms with E-state index in [0.717, 1.165) is 0 Å². The highest BCUT2D eigenvalue weighted by Gasteiger charge is 2.27.